The van der Waals surface area contributed by atoms with Gasteiger partial charge in [0.05, 0.1) is 12.0 Å². The molecular weight excluding hydrogens is 204 g/mol. The molecule has 76 valence electrons. The number of ether oxygens (including phenoxy) is 1. The molecular formula is C8H10N2O3S. The van der Waals surface area contributed by atoms with Crippen LogP contribution >= 0.6 is 11.8 Å². The van der Waals surface area contributed by atoms with E-state index in [1.807, 2.05) is 0 Å². The first-order chi connectivity index (χ1) is 6.54. The fourth-order valence-electron chi connectivity index (χ4n) is 0.902. The summed E-state index contributed by atoms with van der Waals surface area (Å²) in [5.41, 5.74) is 5.14. The van der Waals surface area contributed by atoms with Gasteiger partial charge in [-0.05, 0) is 11.8 Å². The highest BCUT2D eigenvalue weighted by Crippen LogP contribution is 2.38. The SMILES string of the molecule is COc1cc(O)c(SC(=N)N)cc1O. The molecule has 0 bridgehead atoms. The number of methoxy groups -OCH3 is 1. The fraction of sp³-hybridized carbons (Fsp3) is 0.125. The summed E-state index contributed by atoms with van der Waals surface area (Å²) in [6, 6.07) is 2.56. The van der Waals surface area contributed by atoms with Crippen molar-refractivity contribution in [3.8, 4) is 17.2 Å². The van der Waals surface area contributed by atoms with Gasteiger partial charge in [-0.1, -0.05) is 0 Å². The smallest absolute Gasteiger partial charge is 0.164 e. The molecule has 0 aliphatic rings. The molecule has 0 heterocycles. The minimum Gasteiger partial charge on any atom is -0.507 e. The van der Waals surface area contributed by atoms with Gasteiger partial charge in [-0.15, -0.1) is 0 Å². The lowest BCUT2D eigenvalue weighted by Gasteiger charge is -2.07. The van der Waals surface area contributed by atoms with Crippen LogP contribution in [0.15, 0.2) is 17.0 Å². The van der Waals surface area contributed by atoms with Gasteiger partial charge in [0, 0.05) is 12.1 Å². The number of nitrogens with two attached hydrogens (primary N) is 1. The number of thioether (sulfide) groups is 1. The summed E-state index contributed by atoms with van der Waals surface area (Å²) in [4.78, 5) is 0.316. The van der Waals surface area contributed by atoms with Crippen molar-refractivity contribution >= 4 is 16.9 Å². The second kappa shape index (κ2) is 4.10. The van der Waals surface area contributed by atoms with Crippen LogP contribution in [0.2, 0.25) is 0 Å². The van der Waals surface area contributed by atoms with Crippen LogP contribution in [0.3, 0.4) is 0 Å². The van der Waals surface area contributed by atoms with Crippen LogP contribution in [-0.2, 0) is 0 Å². The Labute approximate surface area is 85.0 Å². The molecule has 1 aromatic carbocycles. The number of hydrogen-bond donors (Lipinski definition) is 4. The van der Waals surface area contributed by atoms with E-state index in [0.717, 1.165) is 11.8 Å². The molecule has 5 nitrogen and oxygen atoms in total. The zero-order chi connectivity index (χ0) is 10.7. The summed E-state index contributed by atoms with van der Waals surface area (Å²) in [6.45, 7) is 0. The maximum atomic E-state index is 9.43. The number of aromatic hydroxyl groups is 2. The number of phenols is 2. The average Bonchev–Trinajstić information content (AvgIpc) is 2.10. The van der Waals surface area contributed by atoms with E-state index < -0.39 is 0 Å². The van der Waals surface area contributed by atoms with E-state index in [1.165, 1.54) is 19.2 Å². The van der Waals surface area contributed by atoms with E-state index in [4.69, 9.17) is 15.9 Å². The lowest BCUT2D eigenvalue weighted by atomic mass is 10.3. The van der Waals surface area contributed by atoms with E-state index in [1.54, 1.807) is 0 Å². The quantitative estimate of drug-likeness (QED) is 0.255. The van der Waals surface area contributed by atoms with Gasteiger partial charge in [-0.2, -0.15) is 0 Å². The zero-order valence-corrected chi connectivity index (χ0v) is 8.26. The predicted octanol–water partition coefficient (Wildman–Crippen LogP) is 1.09. The summed E-state index contributed by atoms with van der Waals surface area (Å²) < 4.78 is 4.78. The first kappa shape index (κ1) is 10.5. The van der Waals surface area contributed by atoms with E-state index >= 15 is 0 Å². The minimum atomic E-state index is -0.162. The maximum Gasteiger partial charge on any atom is 0.164 e. The molecule has 0 atom stereocenters. The van der Waals surface area contributed by atoms with Gasteiger partial charge in [-0.3, -0.25) is 5.41 Å². The third kappa shape index (κ3) is 2.23. The zero-order valence-electron chi connectivity index (χ0n) is 7.44. The predicted molar refractivity (Wildman–Crippen MR) is 54.1 cm³/mol. The van der Waals surface area contributed by atoms with Crippen molar-refractivity contribution in [2.24, 2.45) is 5.73 Å². The third-order valence-corrected chi connectivity index (χ3v) is 2.25. The molecule has 0 amide bonds. The van der Waals surface area contributed by atoms with Crippen LogP contribution in [-0.4, -0.2) is 22.5 Å². The molecule has 1 rings (SSSR count). The lowest BCUT2D eigenvalue weighted by Crippen LogP contribution is -2.02. The Balaban J connectivity index is 3.08. The number of hydrogen-bond acceptors (Lipinski definition) is 5. The Kier molecular flexibility index (Phi) is 3.08. The van der Waals surface area contributed by atoms with Gasteiger partial charge in [0.2, 0.25) is 0 Å². The molecule has 0 fully saturated rings. The van der Waals surface area contributed by atoms with Crippen molar-refractivity contribution in [3.05, 3.63) is 12.1 Å². The molecule has 6 heteroatoms. The van der Waals surface area contributed by atoms with E-state index in [9.17, 15) is 10.2 Å². The van der Waals surface area contributed by atoms with E-state index in [2.05, 4.69) is 0 Å². The summed E-state index contributed by atoms with van der Waals surface area (Å²) in [5, 5.41) is 25.7. The Morgan fingerprint density at radius 2 is 2.07 bits per heavy atom. The number of benzene rings is 1. The normalized spacial score (nSPS) is 9.79. The highest BCUT2D eigenvalue weighted by molar-refractivity contribution is 8.13. The Bertz CT molecular complexity index is 368. The van der Waals surface area contributed by atoms with Crippen LogP contribution in [0.5, 0.6) is 17.2 Å². The highest BCUT2D eigenvalue weighted by atomic mass is 32.2. The summed E-state index contributed by atoms with van der Waals surface area (Å²) >= 11 is 0.854. The molecule has 0 radical (unpaired) electrons. The van der Waals surface area contributed by atoms with Crippen LogP contribution in [0.4, 0.5) is 0 Å². The molecule has 14 heavy (non-hydrogen) atoms. The Hall–Kier alpha value is -1.56. The van der Waals surface area contributed by atoms with E-state index in [0.29, 0.717) is 4.90 Å². The van der Waals surface area contributed by atoms with Crippen molar-refractivity contribution in [2.75, 3.05) is 7.11 Å². The van der Waals surface area contributed by atoms with Crippen LogP contribution in [0, 0.1) is 5.41 Å². The van der Waals surface area contributed by atoms with Crippen molar-refractivity contribution in [3.63, 3.8) is 0 Å². The fourth-order valence-corrected chi connectivity index (χ4v) is 1.47. The molecule has 0 aromatic heterocycles. The molecule has 5 N–H and O–H groups in total. The average molecular weight is 214 g/mol. The monoisotopic (exact) mass is 214 g/mol. The van der Waals surface area contributed by atoms with Crippen LogP contribution in [0.25, 0.3) is 0 Å². The Morgan fingerprint density at radius 1 is 1.43 bits per heavy atom. The second-order valence-electron chi connectivity index (χ2n) is 2.46. The third-order valence-electron chi connectivity index (χ3n) is 1.48. The molecule has 0 saturated carbocycles. The lowest BCUT2D eigenvalue weighted by molar-refractivity contribution is 0.366. The largest absolute Gasteiger partial charge is 0.507 e. The van der Waals surface area contributed by atoms with Gasteiger partial charge < -0.3 is 20.7 Å². The topological polar surface area (TPSA) is 99.6 Å². The van der Waals surface area contributed by atoms with Crippen molar-refractivity contribution < 1.29 is 14.9 Å². The van der Waals surface area contributed by atoms with Gasteiger partial charge in [0.15, 0.2) is 16.7 Å². The van der Waals surface area contributed by atoms with Crippen molar-refractivity contribution in [1.29, 1.82) is 5.41 Å². The standard InChI is InChI=1S/C8H10N2O3S/c1-13-6-2-5(12)7(3-4(6)11)14-8(9)10/h2-3,11-12H,1H3,(H3,9,10). The van der Waals surface area contributed by atoms with Crippen molar-refractivity contribution in [2.45, 2.75) is 4.90 Å². The summed E-state index contributed by atoms with van der Waals surface area (Å²) in [7, 11) is 1.38. The first-order valence-electron chi connectivity index (χ1n) is 3.66. The van der Waals surface area contributed by atoms with Gasteiger partial charge in [0.25, 0.3) is 0 Å². The summed E-state index contributed by atoms with van der Waals surface area (Å²) in [6.07, 6.45) is 0. The Morgan fingerprint density at radius 3 is 2.57 bits per heavy atom. The number of nitrogens with one attached hydrogen (secondary N) is 1. The van der Waals surface area contributed by atoms with Crippen molar-refractivity contribution in [1.82, 2.24) is 0 Å². The highest BCUT2D eigenvalue weighted by Gasteiger charge is 2.10. The van der Waals surface area contributed by atoms with Gasteiger partial charge in [-0.25, -0.2) is 0 Å². The van der Waals surface area contributed by atoms with Gasteiger partial charge >= 0.3 is 0 Å². The first-order valence-corrected chi connectivity index (χ1v) is 4.48. The molecule has 0 unspecified atom stereocenters. The molecule has 1 aromatic rings. The van der Waals surface area contributed by atoms with Crippen LogP contribution < -0.4 is 10.5 Å². The maximum absolute atomic E-state index is 9.43. The molecule has 0 spiro atoms. The molecule has 0 saturated heterocycles. The molecule has 0 aliphatic heterocycles. The molecule has 0 aliphatic carbocycles. The van der Waals surface area contributed by atoms with Gasteiger partial charge in [0.1, 0.15) is 5.75 Å². The van der Waals surface area contributed by atoms with E-state index in [-0.39, 0.29) is 22.4 Å². The number of phenolic OH excluding ortho intramolecular Hbond substituents is 2. The second-order valence-corrected chi connectivity index (χ2v) is 3.54. The minimum absolute atomic E-state index is 0.0835. The van der Waals surface area contributed by atoms with Crippen LogP contribution in [0.1, 0.15) is 0 Å². The number of rotatable bonds is 2. The summed E-state index contributed by atoms with van der Waals surface area (Å²) in [5.74, 6) is -0.00991. The number of amidine groups is 1.